The molecule has 0 aliphatic heterocycles. The number of carbonyl (C=O) groups excluding carboxylic acids is 3. The molecule has 0 saturated heterocycles. The lowest BCUT2D eigenvalue weighted by atomic mass is 9.83. The number of carbonyl (C=O) groups is 3. The number of nitrogens with one attached hydrogen (secondary N) is 2. The molecule has 32 heavy (non-hydrogen) atoms. The molecule has 1 heterocycles. The Kier molecular flexibility index (Phi) is 8.84. The van der Waals surface area contributed by atoms with Gasteiger partial charge in [-0.05, 0) is 37.7 Å². The number of benzene rings is 1. The van der Waals surface area contributed by atoms with Gasteiger partial charge in [0, 0.05) is 11.6 Å². The molecule has 172 valence electrons. The topological polar surface area (TPSA) is 114 Å². The van der Waals surface area contributed by atoms with Crippen molar-refractivity contribution in [3.63, 3.8) is 0 Å². The molecule has 9 heteroatoms. The predicted octanol–water partition coefficient (Wildman–Crippen LogP) is 3.70. The van der Waals surface area contributed by atoms with Crippen LogP contribution in [0.1, 0.15) is 74.0 Å². The highest BCUT2D eigenvalue weighted by molar-refractivity contribution is 7.98. The summed E-state index contributed by atoms with van der Waals surface area (Å²) in [7, 11) is 0. The zero-order valence-electron chi connectivity index (χ0n) is 18.5. The number of hydrogen-bond donors (Lipinski definition) is 2. The van der Waals surface area contributed by atoms with Crippen LogP contribution in [-0.2, 0) is 9.59 Å². The van der Waals surface area contributed by atoms with Gasteiger partial charge in [-0.3, -0.25) is 19.7 Å². The molecule has 1 fully saturated rings. The number of rotatable bonds is 9. The Morgan fingerprint density at radius 1 is 1.16 bits per heavy atom. The summed E-state index contributed by atoms with van der Waals surface area (Å²) in [4.78, 5) is 38.7. The molecule has 1 aromatic carbocycles. The number of imide groups is 1. The first-order valence-electron chi connectivity index (χ1n) is 11.1. The Morgan fingerprint density at radius 2 is 1.91 bits per heavy atom. The Morgan fingerprint density at radius 3 is 2.59 bits per heavy atom. The van der Waals surface area contributed by atoms with Gasteiger partial charge in [0.05, 0.1) is 5.92 Å². The van der Waals surface area contributed by atoms with E-state index in [0.29, 0.717) is 30.0 Å². The quantitative estimate of drug-likeness (QED) is 0.551. The van der Waals surface area contributed by atoms with Gasteiger partial charge >= 0.3 is 0 Å². The summed E-state index contributed by atoms with van der Waals surface area (Å²) in [5.41, 5.74) is 0.550. The van der Waals surface area contributed by atoms with Crippen molar-refractivity contribution >= 4 is 29.5 Å². The monoisotopic (exact) mass is 458 g/mol. The third-order valence-corrected chi connectivity index (χ3v) is 6.27. The van der Waals surface area contributed by atoms with Crippen LogP contribution < -0.4 is 10.6 Å². The van der Waals surface area contributed by atoms with Crippen LogP contribution in [-0.4, -0.2) is 40.2 Å². The van der Waals surface area contributed by atoms with E-state index in [2.05, 4.69) is 20.8 Å². The molecule has 2 N–H and O–H groups in total. The average molecular weight is 459 g/mol. The predicted molar refractivity (Wildman–Crippen MR) is 121 cm³/mol. The molecule has 1 aliphatic rings. The molecule has 1 aliphatic carbocycles. The van der Waals surface area contributed by atoms with E-state index in [4.69, 9.17) is 4.42 Å². The first-order chi connectivity index (χ1) is 15.5. The Balaban J connectivity index is 1.67. The molecule has 8 nitrogen and oxygen atoms in total. The van der Waals surface area contributed by atoms with Crippen LogP contribution in [0, 0.1) is 5.92 Å². The third kappa shape index (κ3) is 6.18. The second-order valence-corrected chi connectivity index (χ2v) is 8.75. The van der Waals surface area contributed by atoms with Gasteiger partial charge in [0.15, 0.2) is 0 Å². The third-order valence-electron chi connectivity index (χ3n) is 5.76. The molecule has 2 aromatic rings. The van der Waals surface area contributed by atoms with Gasteiger partial charge in [-0.15, -0.1) is 10.2 Å². The van der Waals surface area contributed by atoms with Crippen LogP contribution >= 0.6 is 11.8 Å². The molecule has 0 spiro atoms. The zero-order valence-corrected chi connectivity index (χ0v) is 19.3. The van der Waals surface area contributed by atoms with E-state index in [1.54, 1.807) is 24.3 Å². The molecule has 0 unspecified atom stereocenters. The van der Waals surface area contributed by atoms with Gasteiger partial charge in [0.2, 0.25) is 17.7 Å². The van der Waals surface area contributed by atoms with E-state index < -0.39 is 17.7 Å². The van der Waals surface area contributed by atoms with E-state index in [1.165, 1.54) is 11.8 Å². The summed E-state index contributed by atoms with van der Waals surface area (Å²) in [5.74, 6) is -1.91. The Hall–Kier alpha value is -2.68. The van der Waals surface area contributed by atoms with Gasteiger partial charge < -0.3 is 9.73 Å². The lowest BCUT2D eigenvalue weighted by Gasteiger charge is -2.31. The van der Waals surface area contributed by atoms with Gasteiger partial charge in [-0.25, -0.2) is 0 Å². The Labute approximate surface area is 192 Å². The van der Waals surface area contributed by atoms with E-state index >= 15 is 0 Å². The van der Waals surface area contributed by atoms with E-state index in [-0.39, 0.29) is 23.7 Å². The zero-order chi connectivity index (χ0) is 22.9. The molecule has 0 bridgehead atoms. The van der Waals surface area contributed by atoms with Crippen LogP contribution in [0.4, 0.5) is 0 Å². The average Bonchev–Trinajstić information content (AvgIpc) is 3.29. The maximum absolute atomic E-state index is 13.1. The molecule has 0 radical (unpaired) electrons. The maximum Gasteiger partial charge on any atom is 0.276 e. The fourth-order valence-corrected chi connectivity index (χ4v) is 4.27. The molecule has 3 atom stereocenters. The highest BCUT2D eigenvalue weighted by Crippen LogP contribution is 2.27. The van der Waals surface area contributed by atoms with Crippen molar-refractivity contribution in [3.8, 4) is 0 Å². The smallest absolute Gasteiger partial charge is 0.276 e. The molecule has 3 amide bonds. The van der Waals surface area contributed by atoms with Crippen molar-refractivity contribution in [3.05, 3.63) is 41.8 Å². The highest BCUT2D eigenvalue weighted by Gasteiger charge is 2.35. The molecule has 1 aromatic heterocycles. The van der Waals surface area contributed by atoms with Crippen LogP contribution in [0.5, 0.6) is 0 Å². The molecule has 1 saturated carbocycles. The van der Waals surface area contributed by atoms with Crippen LogP contribution in [0.25, 0.3) is 0 Å². The molecule has 3 rings (SSSR count). The fourth-order valence-electron chi connectivity index (χ4n) is 3.98. The molecular formula is C23H30N4O4S. The summed E-state index contributed by atoms with van der Waals surface area (Å²) in [5, 5.41) is 13.9. The van der Waals surface area contributed by atoms with Crippen molar-refractivity contribution in [1.29, 1.82) is 0 Å². The van der Waals surface area contributed by atoms with E-state index in [0.717, 1.165) is 25.7 Å². The van der Waals surface area contributed by atoms with E-state index in [1.807, 2.05) is 19.2 Å². The van der Waals surface area contributed by atoms with Crippen LogP contribution in [0.15, 0.2) is 40.0 Å². The standard InChI is InChI=1S/C23H30N4O4S/c1-3-4-12-17(22-26-27-23(31-22)32-2)21(30)25-20(29)16-13-8-9-14-18(16)24-19(28)15-10-6-5-7-11-15/h5-7,10-11,16-18H,3-4,8-9,12-14H2,1-2H3,(H,24,28)(H,25,29,30)/t16-,17-,18+/m1/s1. The fraction of sp³-hybridized carbons (Fsp3) is 0.522. The SMILES string of the molecule is CCCC[C@H](C(=O)NC(=O)[C@@H]1CCCC[C@@H]1NC(=O)c1ccccc1)c1nnc(SC)o1. The lowest BCUT2D eigenvalue weighted by molar-refractivity contribution is -0.134. The second-order valence-electron chi connectivity index (χ2n) is 8.00. The van der Waals surface area contributed by atoms with Gasteiger partial charge in [0.25, 0.3) is 11.1 Å². The molecular weight excluding hydrogens is 428 g/mol. The lowest BCUT2D eigenvalue weighted by Crippen LogP contribution is -2.50. The van der Waals surface area contributed by atoms with Crippen molar-refractivity contribution < 1.29 is 18.8 Å². The van der Waals surface area contributed by atoms with Crippen molar-refractivity contribution in [2.75, 3.05) is 6.26 Å². The number of unbranched alkanes of at least 4 members (excludes halogenated alkanes) is 1. The Bertz CT molecular complexity index is 918. The summed E-state index contributed by atoms with van der Waals surface area (Å²) in [6.45, 7) is 2.03. The van der Waals surface area contributed by atoms with Crippen molar-refractivity contribution in [1.82, 2.24) is 20.8 Å². The number of aromatic nitrogens is 2. The van der Waals surface area contributed by atoms with E-state index in [9.17, 15) is 14.4 Å². The summed E-state index contributed by atoms with van der Waals surface area (Å²) >= 11 is 1.30. The highest BCUT2D eigenvalue weighted by atomic mass is 32.2. The number of nitrogens with zero attached hydrogens (tertiary/aromatic N) is 2. The largest absolute Gasteiger partial charge is 0.415 e. The first-order valence-corrected chi connectivity index (χ1v) is 12.3. The van der Waals surface area contributed by atoms with Crippen molar-refractivity contribution in [2.45, 2.75) is 69.1 Å². The van der Waals surface area contributed by atoms with Gasteiger partial charge in [-0.2, -0.15) is 0 Å². The summed E-state index contributed by atoms with van der Waals surface area (Å²) in [6, 6.07) is 8.61. The number of hydrogen-bond acceptors (Lipinski definition) is 7. The van der Waals surface area contributed by atoms with Crippen LogP contribution in [0.3, 0.4) is 0 Å². The second kappa shape index (κ2) is 11.8. The summed E-state index contributed by atoms with van der Waals surface area (Å²) in [6.07, 6.45) is 7.15. The number of thioether (sulfide) groups is 1. The van der Waals surface area contributed by atoms with Crippen LogP contribution in [0.2, 0.25) is 0 Å². The minimum absolute atomic E-state index is 0.210. The minimum atomic E-state index is -0.673. The maximum atomic E-state index is 13.1. The first kappa shape index (κ1) is 24.0. The summed E-state index contributed by atoms with van der Waals surface area (Å²) < 4.78 is 5.57. The van der Waals surface area contributed by atoms with Gasteiger partial charge in [-0.1, -0.05) is 62.6 Å². The normalized spacial score (nSPS) is 19.2. The van der Waals surface area contributed by atoms with Gasteiger partial charge in [0.1, 0.15) is 5.92 Å². The van der Waals surface area contributed by atoms with Crippen molar-refractivity contribution in [2.24, 2.45) is 5.92 Å². The number of amides is 3. The minimum Gasteiger partial charge on any atom is -0.415 e.